The van der Waals surface area contributed by atoms with Crippen molar-refractivity contribution in [3.05, 3.63) is 75.7 Å². The van der Waals surface area contributed by atoms with E-state index in [9.17, 15) is 23.2 Å². The highest BCUT2D eigenvalue weighted by Crippen LogP contribution is 2.40. The molecule has 2 aliphatic heterocycles. The largest absolute Gasteiger partial charge is 0.453 e. The number of ether oxygens (including phenoxy) is 1. The van der Waals surface area contributed by atoms with Crippen molar-refractivity contribution in [2.75, 3.05) is 24.3 Å². The van der Waals surface area contributed by atoms with E-state index in [1.165, 1.54) is 7.11 Å². The molecule has 42 heavy (non-hydrogen) atoms. The first-order valence-corrected chi connectivity index (χ1v) is 14.0. The summed E-state index contributed by atoms with van der Waals surface area (Å²) in [5.41, 5.74) is 1.41. The molecule has 0 spiro atoms. The number of aromatic nitrogens is 2. The van der Waals surface area contributed by atoms with Gasteiger partial charge in [0.2, 0.25) is 11.8 Å². The van der Waals surface area contributed by atoms with E-state index in [-0.39, 0.29) is 46.9 Å². The summed E-state index contributed by atoms with van der Waals surface area (Å²) in [6, 6.07) is 6.56. The molecule has 1 aromatic heterocycles. The molecule has 0 aliphatic carbocycles. The molecule has 0 saturated carbocycles. The number of imidazole rings is 1. The number of H-pyrrole nitrogens is 1. The standard InChI is InChI=1S/C29H27Cl2F2N5O4/c1-42-29(41)34-16-7-8-17-20(14-16)35-22(39)6-4-2-3-5-21(28-36-26(17)27(31)37-28)38-12-11-15(13-23(38)40)24-19(32)10-9-18(30)25(24)33/h2-3,7-10,14-15,21H,4-6,11-13H2,1H3,(H,34,41)(H,35,39)(H,36,37)/b3-2+/t15?,21-/m0/s1. The minimum atomic E-state index is -0.845. The number of benzene rings is 2. The van der Waals surface area contributed by atoms with Crippen LogP contribution in [0.15, 0.2) is 42.5 Å². The van der Waals surface area contributed by atoms with Crippen molar-refractivity contribution in [2.24, 2.45) is 0 Å². The lowest BCUT2D eigenvalue weighted by molar-refractivity contribution is -0.136. The maximum Gasteiger partial charge on any atom is 0.411 e. The number of amides is 3. The van der Waals surface area contributed by atoms with E-state index in [0.29, 0.717) is 47.7 Å². The number of allylic oxidation sites excluding steroid dienone is 1. The number of piperidine rings is 1. The molecule has 2 atom stereocenters. The highest BCUT2D eigenvalue weighted by Gasteiger charge is 2.36. The van der Waals surface area contributed by atoms with Gasteiger partial charge in [-0.2, -0.15) is 0 Å². The van der Waals surface area contributed by atoms with E-state index >= 15 is 0 Å². The molecule has 3 amide bonds. The van der Waals surface area contributed by atoms with Crippen LogP contribution in [0.3, 0.4) is 0 Å². The lowest BCUT2D eigenvalue weighted by Gasteiger charge is -2.36. The summed E-state index contributed by atoms with van der Waals surface area (Å²) in [5, 5.41) is 5.42. The van der Waals surface area contributed by atoms with Gasteiger partial charge in [0.1, 0.15) is 28.3 Å². The fraction of sp³-hybridized carbons (Fsp3) is 0.310. The van der Waals surface area contributed by atoms with Crippen molar-refractivity contribution in [1.82, 2.24) is 14.9 Å². The van der Waals surface area contributed by atoms with Gasteiger partial charge in [0, 0.05) is 42.1 Å². The van der Waals surface area contributed by atoms with Gasteiger partial charge >= 0.3 is 6.09 Å². The Hall–Kier alpha value is -3.96. The predicted octanol–water partition coefficient (Wildman–Crippen LogP) is 6.97. The first-order valence-electron chi connectivity index (χ1n) is 13.3. The Labute approximate surface area is 250 Å². The average molecular weight is 618 g/mol. The van der Waals surface area contributed by atoms with Crippen LogP contribution in [0, 0.1) is 11.6 Å². The zero-order valence-electron chi connectivity index (χ0n) is 22.5. The Morgan fingerprint density at radius 2 is 1.98 bits per heavy atom. The van der Waals surface area contributed by atoms with Crippen LogP contribution in [0.5, 0.6) is 0 Å². The van der Waals surface area contributed by atoms with Gasteiger partial charge in [-0.25, -0.2) is 18.6 Å². The van der Waals surface area contributed by atoms with E-state index < -0.39 is 29.7 Å². The first-order chi connectivity index (χ1) is 20.2. The third-order valence-electron chi connectivity index (χ3n) is 7.36. The second-order valence-electron chi connectivity index (χ2n) is 10.0. The summed E-state index contributed by atoms with van der Waals surface area (Å²) in [6.45, 7) is 0.222. The van der Waals surface area contributed by atoms with E-state index in [0.717, 1.165) is 12.1 Å². The molecule has 3 heterocycles. The molecular weight excluding hydrogens is 591 g/mol. The molecule has 1 fully saturated rings. The number of nitrogens with one attached hydrogen (secondary N) is 3. The van der Waals surface area contributed by atoms with Gasteiger partial charge in [0.15, 0.2) is 0 Å². The van der Waals surface area contributed by atoms with Crippen molar-refractivity contribution >= 4 is 52.5 Å². The van der Waals surface area contributed by atoms with Crippen LogP contribution in [0.1, 0.15) is 55.5 Å². The highest BCUT2D eigenvalue weighted by molar-refractivity contribution is 6.32. The van der Waals surface area contributed by atoms with Crippen LogP contribution >= 0.6 is 23.2 Å². The number of rotatable bonds is 3. The molecule has 2 aromatic carbocycles. The highest BCUT2D eigenvalue weighted by atomic mass is 35.5. The van der Waals surface area contributed by atoms with Gasteiger partial charge in [0.05, 0.1) is 23.9 Å². The predicted molar refractivity (Wildman–Crippen MR) is 154 cm³/mol. The second kappa shape index (κ2) is 12.5. The number of anilines is 2. The van der Waals surface area contributed by atoms with Crippen molar-refractivity contribution in [2.45, 2.75) is 44.1 Å². The smallest absolute Gasteiger partial charge is 0.411 e. The molecule has 220 valence electrons. The fourth-order valence-electron chi connectivity index (χ4n) is 5.31. The molecule has 1 saturated heterocycles. The number of likely N-dealkylation sites (tertiary alicyclic amines) is 1. The van der Waals surface area contributed by atoms with Crippen molar-refractivity contribution in [3.8, 4) is 11.3 Å². The molecule has 9 nitrogen and oxygen atoms in total. The maximum absolute atomic E-state index is 14.7. The van der Waals surface area contributed by atoms with Crippen LogP contribution in [0.25, 0.3) is 11.3 Å². The quantitative estimate of drug-likeness (QED) is 0.217. The van der Waals surface area contributed by atoms with Crippen LogP contribution < -0.4 is 10.6 Å². The third-order valence-corrected chi connectivity index (χ3v) is 7.93. The Morgan fingerprint density at radius 1 is 1.17 bits per heavy atom. The van der Waals surface area contributed by atoms with Gasteiger partial charge in [-0.1, -0.05) is 35.4 Å². The number of carbonyl (C=O) groups is 3. The first kappa shape index (κ1) is 29.5. The minimum absolute atomic E-state index is 0.104. The van der Waals surface area contributed by atoms with Crippen LogP contribution in [-0.2, 0) is 14.3 Å². The van der Waals surface area contributed by atoms with Gasteiger partial charge in [-0.3, -0.25) is 14.9 Å². The molecule has 5 rings (SSSR count). The van der Waals surface area contributed by atoms with Crippen LogP contribution in [0.4, 0.5) is 25.0 Å². The van der Waals surface area contributed by atoms with Crippen LogP contribution in [0.2, 0.25) is 10.2 Å². The Morgan fingerprint density at radius 3 is 2.74 bits per heavy atom. The number of nitrogens with zero attached hydrogens (tertiary/aromatic N) is 2. The van der Waals surface area contributed by atoms with Crippen molar-refractivity contribution < 1.29 is 27.9 Å². The summed E-state index contributed by atoms with van der Waals surface area (Å²) in [6.07, 6.45) is 4.26. The zero-order chi connectivity index (χ0) is 30.0. The number of hydrogen-bond acceptors (Lipinski definition) is 5. The number of halogens is 4. The van der Waals surface area contributed by atoms with Gasteiger partial charge in [0.25, 0.3) is 0 Å². The van der Waals surface area contributed by atoms with E-state index in [1.54, 1.807) is 23.1 Å². The lowest BCUT2D eigenvalue weighted by Crippen LogP contribution is -2.41. The normalized spacial score (nSPS) is 20.0. The van der Waals surface area contributed by atoms with Gasteiger partial charge in [-0.05, 0) is 49.6 Å². The summed E-state index contributed by atoms with van der Waals surface area (Å²) in [7, 11) is 1.24. The SMILES string of the molecule is COC(=O)Nc1ccc2c(c1)NC(=O)CC/C=C/C[C@H](N1CCC(c3c(F)ccc(Cl)c3F)CC1=O)c1nc-2c(Cl)[nH]1. The zero-order valence-corrected chi connectivity index (χ0v) is 24.0. The minimum Gasteiger partial charge on any atom is -0.453 e. The second-order valence-corrected chi connectivity index (χ2v) is 10.8. The molecule has 2 bridgehead atoms. The summed E-state index contributed by atoms with van der Waals surface area (Å²) >= 11 is 12.5. The fourth-order valence-corrected chi connectivity index (χ4v) is 5.71. The van der Waals surface area contributed by atoms with Crippen molar-refractivity contribution in [3.63, 3.8) is 0 Å². The van der Waals surface area contributed by atoms with Crippen molar-refractivity contribution in [1.29, 1.82) is 0 Å². The summed E-state index contributed by atoms with van der Waals surface area (Å²) in [5.74, 6) is -2.37. The topological polar surface area (TPSA) is 116 Å². The third kappa shape index (κ3) is 6.12. The van der Waals surface area contributed by atoms with E-state index in [1.807, 2.05) is 12.2 Å². The Kier molecular flexibility index (Phi) is 8.79. The summed E-state index contributed by atoms with van der Waals surface area (Å²) < 4.78 is 33.9. The summed E-state index contributed by atoms with van der Waals surface area (Å²) in [4.78, 5) is 47.4. The number of fused-ring (bicyclic) bond motifs is 4. The Bertz CT molecular complexity index is 1580. The monoisotopic (exact) mass is 617 g/mol. The van der Waals surface area contributed by atoms with E-state index in [4.69, 9.17) is 28.2 Å². The van der Waals surface area contributed by atoms with Gasteiger partial charge < -0.3 is 19.9 Å². The maximum atomic E-state index is 14.7. The average Bonchev–Trinajstić information content (AvgIpc) is 3.34. The molecule has 0 radical (unpaired) electrons. The molecule has 3 aromatic rings. The number of hydrogen-bond donors (Lipinski definition) is 3. The van der Waals surface area contributed by atoms with Crippen LogP contribution in [-0.4, -0.2) is 46.4 Å². The Balaban J connectivity index is 1.48. The number of aromatic amines is 1. The lowest BCUT2D eigenvalue weighted by atomic mass is 9.87. The molecule has 13 heteroatoms. The molecular formula is C29H27Cl2F2N5O4. The number of methoxy groups -OCH3 is 1. The molecule has 3 N–H and O–H groups in total. The van der Waals surface area contributed by atoms with Gasteiger partial charge in [-0.15, -0.1) is 0 Å². The van der Waals surface area contributed by atoms with E-state index in [2.05, 4.69) is 20.4 Å². The number of carbonyl (C=O) groups excluding carboxylic acids is 3. The molecule has 1 unspecified atom stereocenters. The molecule has 2 aliphatic rings.